The zero-order chi connectivity index (χ0) is 25.6. The number of hydrogen-bond acceptors (Lipinski definition) is 6. The second-order valence-electron chi connectivity index (χ2n) is 9.99. The minimum absolute atomic E-state index is 0.274. The molecule has 0 aliphatic carbocycles. The number of anilines is 1. The third kappa shape index (κ3) is 4.67. The third-order valence-electron chi connectivity index (χ3n) is 6.53. The summed E-state index contributed by atoms with van der Waals surface area (Å²) in [4.78, 5) is 22.8. The molecule has 1 N–H and O–H groups in total. The molecule has 0 unspecified atom stereocenters. The topological polar surface area (TPSA) is 104 Å². The molecule has 0 spiro atoms. The lowest BCUT2D eigenvalue weighted by atomic mass is 10.1. The summed E-state index contributed by atoms with van der Waals surface area (Å²) in [5.74, 6) is 1.13. The lowest BCUT2D eigenvalue weighted by molar-refractivity contribution is 0.102. The van der Waals surface area contributed by atoms with Crippen LogP contribution in [0.2, 0.25) is 0 Å². The van der Waals surface area contributed by atoms with E-state index in [4.69, 9.17) is 9.72 Å². The smallest absolute Gasteiger partial charge is 0.258 e. The first-order valence-corrected chi connectivity index (χ1v) is 14.7. The quantitative estimate of drug-likeness (QED) is 0.383. The first-order valence-electron chi connectivity index (χ1n) is 12.1. The monoisotopic (exact) mass is 506 g/mol. The fourth-order valence-corrected chi connectivity index (χ4v) is 5.48. The van der Waals surface area contributed by atoms with E-state index in [2.05, 4.69) is 22.3 Å². The maximum Gasteiger partial charge on any atom is 0.258 e. The van der Waals surface area contributed by atoms with Crippen LogP contribution in [-0.4, -0.2) is 50.2 Å². The summed E-state index contributed by atoms with van der Waals surface area (Å²) in [6.07, 6.45) is 3.50. The predicted molar refractivity (Wildman–Crippen MR) is 142 cm³/mol. The number of carbonyl (C=O) groups excluding carboxylic acids is 1. The van der Waals surface area contributed by atoms with Crippen LogP contribution in [0.25, 0.3) is 22.3 Å². The van der Waals surface area contributed by atoms with Crippen molar-refractivity contribution in [3.8, 4) is 17.1 Å². The van der Waals surface area contributed by atoms with E-state index in [-0.39, 0.29) is 5.91 Å². The molecule has 36 heavy (non-hydrogen) atoms. The van der Waals surface area contributed by atoms with Crippen LogP contribution < -0.4 is 15.4 Å². The number of rotatable bonds is 1. The molecule has 0 saturated carbocycles. The maximum absolute atomic E-state index is 13.4. The van der Waals surface area contributed by atoms with Gasteiger partial charge in [-0.3, -0.25) is 15.1 Å². The Morgan fingerprint density at radius 3 is 2.75 bits per heavy atom. The molecule has 2 bridgehead atoms. The van der Waals surface area contributed by atoms with Crippen LogP contribution >= 0.6 is 7.14 Å². The molecule has 1 aliphatic rings. The summed E-state index contributed by atoms with van der Waals surface area (Å²) in [5.41, 5.74) is 4.19. The van der Waals surface area contributed by atoms with Crippen molar-refractivity contribution >= 4 is 35.3 Å². The fraction of sp³-hybridized carbons (Fsp3) is 0.385. The number of imidazole rings is 1. The van der Waals surface area contributed by atoms with Gasteiger partial charge in [-0.15, -0.1) is 0 Å². The molecule has 1 amide bonds. The first-order chi connectivity index (χ1) is 17.1. The van der Waals surface area contributed by atoms with E-state index in [0.29, 0.717) is 47.8 Å². The molecule has 4 heterocycles. The van der Waals surface area contributed by atoms with Gasteiger partial charge in [0.15, 0.2) is 0 Å². The van der Waals surface area contributed by atoms with Crippen molar-refractivity contribution in [3.05, 3.63) is 47.8 Å². The highest BCUT2D eigenvalue weighted by atomic mass is 31.2. The van der Waals surface area contributed by atoms with E-state index in [1.165, 1.54) is 0 Å². The number of hydrogen-bond donors (Lipinski definition) is 1. The number of nitrogens with zero attached hydrogens (tertiary/aromatic N) is 5. The number of aromatic nitrogens is 5. The third-order valence-corrected chi connectivity index (χ3v) is 8.05. The Bertz CT molecular complexity index is 1520. The van der Waals surface area contributed by atoms with Crippen molar-refractivity contribution < 1.29 is 14.1 Å². The number of fused-ring (bicyclic) bond motifs is 7. The van der Waals surface area contributed by atoms with Crippen molar-refractivity contribution in [2.45, 2.75) is 33.2 Å². The fourth-order valence-electron chi connectivity index (χ4n) is 4.61. The van der Waals surface area contributed by atoms with E-state index in [1.54, 1.807) is 36.3 Å². The summed E-state index contributed by atoms with van der Waals surface area (Å²) >= 11 is 0. The Labute approximate surface area is 210 Å². The van der Waals surface area contributed by atoms with Gasteiger partial charge in [0.2, 0.25) is 11.8 Å². The average Bonchev–Trinajstić information content (AvgIpc) is 3.34. The Balaban J connectivity index is 1.63. The molecular weight excluding hydrogens is 475 g/mol. The Kier molecular flexibility index (Phi) is 6.20. The predicted octanol–water partition coefficient (Wildman–Crippen LogP) is 4.45. The van der Waals surface area contributed by atoms with Crippen LogP contribution in [0.5, 0.6) is 5.88 Å². The normalized spacial score (nSPS) is 16.9. The van der Waals surface area contributed by atoms with Crippen molar-refractivity contribution in [2.75, 3.05) is 25.3 Å². The highest BCUT2D eigenvalue weighted by molar-refractivity contribution is 7.70. The van der Waals surface area contributed by atoms with Crippen molar-refractivity contribution in [1.82, 2.24) is 24.3 Å². The second kappa shape index (κ2) is 9.21. The molecule has 0 radical (unpaired) electrons. The Morgan fingerprint density at radius 1 is 1.17 bits per heavy atom. The van der Waals surface area contributed by atoms with Crippen LogP contribution in [0.3, 0.4) is 0 Å². The van der Waals surface area contributed by atoms with Crippen LogP contribution in [-0.2, 0) is 18.2 Å². The zero-order valence-electron chi connectivity index (χ0n) is 21.3. The molecule has 5 rings (SSSR count). The summed E-state index contributed by atoms with van der Waals surface area (Å²) in [5, 5.41) is 8.18. The largest absolute Gasteiger partial charge is 0.477 e. The number of carbonyl (C=O) groups is 1. The number of nitrogens with one attached hydrogen (secondary N) is 1. The summed E-state index contributed by atoms with van der Waals surface area (Å²) in [6, 6.07) is 9.20. The van der Waals surface area contributed by atoms with Crippen LogP contribution in [0.15, 0.2) is 36.5 Å². The molecular formula is C26H31N6O3P. The van der Waals surface area contributed by atoms with Gasteiger partial charge in [0.1, 0.15) is 7.14 Å². The number of pyridine rings is 1. The van der Waals surface area contributed by atoms with Gasteiger partial charge in [0.05, 0.1) is 35.1 Å². The van der Waals surface area contributed by atoms with Gasteiger partial charge in [-0.1, -0.05) is 6.92 Å². The molecule has 188 valence electrons. The summed E-state index contributed by atoms with van der Waals surface area (Å²) < 4.78 is 22.6. The summed E-state index contributed by atoms with van der Waals surface area (Å²) in [7, 11) is -0.618. The van der Waals surface area contributed by atoms with Crippen LogP contribution in [0, 0.1) is 12.8 Å². The van der Waals surface area contributed by atoms with Gasteiger partial charge in [0, 0.05) is 30.2 Å². The first kappa shape index (κ1) is 24.3. The highest BCUT2D eigenvalue weighted by Gasteiger charge is 2.22. The minimum atomic E-state index is -2.45. The molecule has 4 aromatic rings. The average molecular weight is 507 g/mol. The molecule has 1 aromatic carbocycles. The van der Waals surface area contributed by atoms with Gasteiger partial charge in [-0.2, -0.15) is 5.10 Å². The van der Waals surface area contributed by atoms with Crippen LogP contribution in [0.4, 0.5) is 5.95 Å². The molecule has 9 nitrogen and oxygen atoms in total. The van der Waals surface area contributed by atoms with E-state index >= 15 is 0 Å². The number of ether oxygens (including phenoxy) is 1. The minimum Gasteiger partial charge on any atom is -0.477 e. The second-order valence-corrected chi connectivity index (χ2v) is 13.2. The number of aryl methyl sites for hydroxylation is 2. The van der Waals surface area contributed by atoms with E-state index in [0.717, 1.165) is 34.7 Å². The van der Waals surface area contributed by atoms with E-state index < -0.39 is 7.14 Å². The molecule has 1 aliphatic heterocycles. The van der Waals surface area contributed by atoms with E-state index in [9.17, 15) is 9.36 Å². The SMILES string of the molecule is Cc1cc2cc(n1)-c1cnn(C)c1OCCC[C@@H](C)Cn1c(nc3ccc(P(C)(C)=O)cc31)NC2=O. The lowest BCUT2D eigenvalue weighted by Gasteiger charge is -2.16. The standard InChI is InChI=1S/C26H31N6O3P/c1-16-7-6-10-35-25-20(14-27-31(25)3)22-12-18(11-17(2)28-22)24(33)30-26-29-21-9-8-19(36(4,5)34)13-23(21)32(26)15-16/h8-9,11-14,16H,6-7,10,15H2,1-5H3,(H,29,30,33)/t16-/m1/s1. The van der Waals surface area contributed by atoms with Gasteiger partial charge < -0.3 is 13.9 Å². The van der Waals surface area contributed by atoms with Crippen LogP contribution in [0.1, 0.15) is 35.8 Å². The van der Waals surface area contributed by atoms with Crippen molar-refractivity contribution in [1.29, 1.82) is 0 Å². The van der Waals surface area contributed by atoms with Crippen molar-refractivity contribution in [3.63, 3.8) is 0 Å². The van der Waals surface area contributed by atoms with Gasteiger partial charge >= 0.3 is 0 Å². The number of amides is 1. The maximum atomic E-state index is 13.4. The lowest BCUT2D eigenvalue weighted by Crippen LogP contribution is -2.18. The van der Waals surface area contributed by atoms with Gasteiger partial charge in [0.25, 0.3) is 5.91 Å². The highest BCUT2D eigenvalue weighted by Crippen LogP contribution is 2.36. The molecule has 0 fully saturated rings. The molecule has 10 heteroatoms. The van der Waals surface area contributed by atoms with Crippen molar-refractivity contribution in [2.24, 2.45) is 13.0 Å². The van der Waals surface area contributed by atoms with Gasteiger partial charge in [-0.05, 0) is 69.3 Å². The molecule has 3 aromatic heterocycles. The molecule has 1 atom stereocenters. The Morgan fingerprint density at radius 2 is 1.97 bits per heavy atom. The zero-order valence-corrected chi connectivity index (χ0v) is 22.2. The summed E-state index contributed by atoms with van der Waals surface area (Å²) in [6.45, 7) is 8.76. The van der Waals surface area contributed by atoms with E-state index in [1.807, 2.05) is 36.7 Å². The van der Waals surface area contributed by atoms with Gasteiger partial charge in [-0.25, -0.2) is 9.67 Å². The molecule has 0 saturated heterocycles. The number of benzene rings is 1. The Hall–Kier alpha value is -3.45.